The standard InChI is InChI=1S/C13H11ClN2O2/c14-10-2-1-9(6-15)13(5-10)16-7-11-3-4-12(8-17)18-11/h1-5,16-17H,7-8H2. The van der Waals surface area contributed by atoms with Crippen molar-refractivity contribution in [2.75, 3.05) is 5.32 Å². The fourth-order valence-corrected chi connectivity index (χ4v) is 1.72. The maximum absolute atomic E-state index is 8.96. The average molecular weight is 263 g/mol. The third-order valence-electron chi connectivity index (χ3n) is 2.43. The molecule has 0 aliphatic carbocycles. The number of aliphatic hydroxyl groups is 1. The van der Waals surface area contributed by atoms with Crippen molar-refractivity contribution in [1.82, 2.24) is 0 Å². The van der Waals surface area contributed by atoms with Gasteiger partial charge in [-0.15, -0.1) is 0 Å². The number of furan rings is 1. The van der Waals surface area contributed by atoms with Crippen LogP contribution < -0.4 is 5.32 Å². The lowest BCUT2D eigenvalue weighted by molar-refractivity contribution is 0.244. The van der Waals surface area contributed by atoms with E-state index in [1.807, 2.05) is 0 Å². The van der Waals surface area contributed by atoms with Gasteiger partial charge >= 0.3 is 0 Å². The maximum atomic E-state index is 8.96. The normalized spacial score (nSPS) is 10.1. The van der Waals surface area contributed by atoms with Crippen molar-refractivity contribution in [3.63, 3.8) is 0 Å². The summed E-state index contributed by atoms with van der Waals surface area (Å²) >= 11 is 5.88. The van der Waals surface area contributed by atoms with Crippen LogP contribution in [-0.4, -0.2) is 5.11 Å². The molecule has 1 aromatic heterocycles. The highest BCUT2D eigenvalue weighted by Gasteiger charge is 2.05. The van der Waals surface area contributed by atoms with Gasteiger partial charge in [0.05, 0.1) is 17.8 Å². The number of benzene rings is 1. The number of hydrogen-bond acceptors (Lipinski definition) is 4. The monoisotopic (exact) mass is 262 g/mol. The average Bonchev–Trinajstić information content (AvgIpc) is 2.84. The van der Waals surface area contributed by atoms with Crippen LogP contribution in [0.5, 0.6) is 0 Å². The molecule has 5 heteroatoms. The first-order chi connectivity index (χ1) is 8.72. The molecule has 2 rings (SSSR count). The number of halogens is 1. The van der Waals surface area contributed by atoms with E-state index in [2.05, 4.69) is 11.4 Å². The van der Waals surface area contributed by atoms with Crippen molar-refractivity contribution in [3.8, 4) is 6.07 Å². The lowest BCUT2D eigenvalue weighted by Crippen LogP contribution is -2.00. The van der Waals surface area contributed by atoms with Crippen molar-refractivity contribution in [2.24, 2.45) is 0 Å². The molecular formula is C13H11ClN2O2. The predicted octanol–water partition coefficient (Wildman–Crippen LogP) is 2.91. The molecule has 2 N–H and O–H groups in total. The van der Waals surface area contributed by atoms with E-state index in [1.54, 1.807) is 30.3 Å². The number of anilines is 1. The summed E-state index contributed by atoms with van der Waals surface area (Å²) in [5, 5.41) is 21.5. The Balaban J connectivity index is 2.10. The zero-order chi connectivity index (χ0) is 13.0. The lowest BCUT2D eigenvalue weighted by Gasteiger charge is -2.06. The highest BCUT2D eigenvalue weighted by molar-refractivity contribution is 6.30. The van der Waals surface area contributed by atoms with Gasteiger partial charge in [-0.05, 0) is 30.3 Å². The zero-order valence-corrected chi connectivity index (χ0v) is 10.2. The molecule has 1 aromatic carbocycles. The van der Waals surface area contributed by atoms with Crippen LogP contribution in [0.2, 0.25) is 5.02 Å². The van der Waals surface area contributed by atoms with Crippen LogP contribution in [0.4, 0.5) is 5.69 Å². The number of nitrogens with zero attached hydrogens (tertiary/aromatic N) is 1. The Morgan fingerprint density at radius 3 is 2.72 bits per heavy atom. The van der Waals surface area contributed by atoms with Gasteiger partial charge in [0.2, 0.25) is 0 Å². The molecule has 0 saturated carbocycles. The van der Waals surface area contributed by atoms with E-state index < -0.39 is 0 Å². The van der Waals surface area contributed by atoms with Crippen molar-refractivity contribution >= 4 is 17.3 Å². The van der Waals surface area contributed by atoms with Crippen molar-refractivity contribution in [2.45, 2.75) is 13.2 Å². The van der Waals surface area contributed by atoms with Crippen molar-refractivity contribution in [3.05, 3.63) is 52.4 Å². The highest BCUT2D eigenvalue weighted by atomic mass is 35.5. The molecule has 2 aromatic rings. The fraction of sp³-hybridized carbons (Fsp3) is 0.154. The molecule has 0 amide bonds. The molecule has 0 radical (unpaired) electrons. The molecule has 0 bridgehead atoms. The minimum Gasteiger partial charge on any atom is -0.462 e. The van der Waals surface area contributed by atoms with Crippen LogP contribution in [0.1, 0.15) is 17.1 Å². The van der Waals surface area contributed by atoms with Crippen LogP contribution >= 0.6 is 11.6 Å². The zero-order valence-electron chi connectivity index (χ0n) is 9.48. The van der Waals surface area contributed by atoms with E-state index in [4.69, 9.17) is 26.4 Å². The van der Waals surface area contributed by atoms with Crippen LogP contribution in [0.3, 0.4) is 0 Å². The molecule has 0 aliphatic rings. The summed E-state index contributed by atoms with van der Waals surface area (Å²) in [5.41, 5.74) is 1.18. The summed E-state index contributed by atoms with van der Waals surface area (Å²) in [6, 6.07) is 10.6. The minimum absolute atomic E-state index is 0.124. The molecule has 18 heavy (non-hydrogen) atoms. The van der Waals surface area contributed by atoms with Crippen LogP contribution in [0.15, 0.2) is 34.7 Å². The quantitative estimate of drug-likeness (QED) is 0.889. The second-order valence-electron chi connectivity index (χ2n) is 3.68. The molecule has 1 heterocycles. The van der Waals surface area contributed by atoms with Crippen molar-refractivity contribution < 1.29 is 9.52 Å². The van der Waals surface area contributed by atoms with E-state index in [-0.39, 0.29) is 6.61 Å². The first kappa shape index (κ1) is 12.5. The van der Waals surface area contributed by atoms with Gasteiger partial charge in [0.15, 0.2) is 0 Å². The van der Waals surface area contributed by atoms with E-state index in [0.717, 1.165) is 0 Å². The molecule has 0 saturated heterocycles. The Labute approximate surface area is 109 Å². The van der Waals surface area contributed by atoms with Crippen molar-refractivity contribution in [1.29, 1.82) is 5.26 Å². The number of nitrogens with one attached hydrogen (secondary N) is 1. The second kappa shape index (κ2) is 5.58. The molecule has 0 aliphatic heterocycles. The third-order valence-corrected chi connectivity index (χ3v) is 2.66. The molecule has 92 valence electrons. The maximum Gasteiger partial charge on any atom is 0.129 e. The molecule has 0 spiro atoms. The molecule has 0 fully saturated rings. The Morgan fingerprint density at radius 1 is 1.28 bits per heavy atom. The van der Waals surface area contributed by atoms with Crippen LogP contribution in [0.25, 0.3) is 0 Å². The van der Waals surface area contributed by atoms with E-state index >= 15 is 0 Å². The highest BCUT2D eigenvalue weighted by Crippen LogP contribution is 2.21. The van der Waals surface area contributed by atoms with Gasteiger partial charge in [-0.2, -0.15) is 5.26 Å². The largest absolute Gasteiger partial charge is 0.462 e. The van der Waals surface area contributed by atoms with Gasteiger partial charge in [-0.3, -0.25) is 0 Å². The summed E-state index contributed by atoms with van der Waals surface area (Å²) in [7, 11) is 0. The SMILES string of the molecule is N#Cc1ccc(Cl)cc1NCc1ccc(CO)o1. The lowest BCUT2D eigenvalue weighted by atomic mass is 10.2. The smallest absolute Gasteiger partial charge is 0.129 e. The van der Waals surface area contributed by atoms with E-state index in [0.29, 0.717) is 34.3 Å². The summed E-state index contributed by atoms with van der Waals surface area (Å²) < 4.78 is 5.33. The summed E-state index contributed by atoms with van der Waals surface area (Å²) in [6.45, 7) is 0.301. The van der Waals surface area contributed by atoms with Gasteiger partial charge in [-0.1, -0.05) is 11.6 Å². The van der Waals surface area contributed by atoms with Gasteiger partial charge in [0.1, 0.15) is 24.2 Å². The number of aliphatic hydroxyl groups excluding tert-OH is 1. The Morgan fingerprint density at radius 2 is 2.06 bits per heavy atom. The Kier molecular flexibility index (Phi) is 3.88. The first-order valence-corrected chi connectivity index (χ1v) is 5.72. The van der Waals surface area contributed by atoms with Gasteiger partial charge in [0, 0.05) is 5.02 Å². The summed E-state index contributed by atoms with van der Waals surface area (Å²) in [5.74, 6) is 1.20. The van der Waals surface area contributed by atoms with Gasteiger partial charge < -0.3 is 14.8 Å². The first-order valence-electron chi connectivity index (χ1n) is 5.35. The van der Waals surface area contributed by atoms with Crippen LogP contribution in [-0.2, 0) is 13.2 Å². The number of rotatable bonds is 4. The van der Waals surface area contributed by atoms with Crippen LogP contribution in [0, 0.1) is 11.3 Å². The molecule has 0 atom stereocenters. The third kappa shape index (κ3) is 2.83. The fourth-order valence-electron chi connectivity index (χ4n) is 1.54. The second-order valence-corrected chi connectivity index (χ2v) is 4.12. The summed E-state index contributed by atoms with van der Waals surface area (Å²) in [4.78, 5) is 0. The topological polar surface area (TPSA) is 69.2 Å². The van der Waals surface area contributed by atoms with E-state index in [9.17, 15) is 0 Å². The summed E-state index contributed by atoms with van der Waals surface area (Å²) in [6.07, 6.45) is 0. The Hall–Kier alpha value is -1.96. The number of hydrogen-bond donors (Lipinski definition) is 2. The molecule has 0 unspecified atom stereocenters. The number of nitriles is 1. The predicted molar refractivity (Wildman–Crippen MR) is 68.1 cm³/mol. The molecule has 4 nitrogen and oxygen atoms in total. The Bertz CT molecular complexity index is 587. The van der Waals surface area contributed by atoms with Gasteiger partial charge in [0.25, 0.3) is 0 Å². The van der Waals surface area contributed by atoms with Gasteiger partial charge in [-0.25, -0.2) is 0 Å². The van der Waals surface area contributed by atoms with E-state index in [1.165, 1.54) is 0 Å². The minimum atomic E-state index is -0.124. The molecular weight excluding hydrogens is 252 g/mol.